The van der Waals surface area contributed by atoms with Crippen molar-refractivity contribution in [1.82, 2.24) is 14.7 Å². The SMILES string of the molecule is Cc1nn(CC(F)(F)F)c(C)c1[C@H]1COCCN1C(=O)c1sccc1C#N. The number of rotatable bonds is 3. The highest BCUT2D eigenvalue weighted by atomic mass is 32.1. The van der Waals surface area contributed by atoms with Gasteiger partial charge in [0.2, 0.25) is 0 Å². The van der Waals surface area contributed by atoms with Crippen LogP contribution in [0.15, 0.2) is 11.4 Å². The lowest BCUT2D eigenvalue weighted by atomic mass is 10.0. The van der Waals surface area contributed by atoms with E-state index in [4.69, 9.17) is 4.74 Å². The standard InChI is InChI=1S/C17H17F3N4O2S/c1-10-14(11(2)24(22-10)9-17(18,19)20)13-8-26-5-4-23(13)16(25)15-12(7-21)3-6-27-15/h3,6,13H,4-5,8-9H2,1-2H3/t13-/m1/s1. The van der Waals surface area contributed by atoms with E-state index in [2.05, 4.69) is 5.10 Å². The molecule has 1 atom stereocenters. The number of thiophene rings is 1. The molecule has 3 rings (SSSR count). The molecule has 0 radical (unpaired) electrons. The maximum absolute atomic E-state index is 13.0. The first-order chi connectivity index (χ1) is 12.7. The average molecular weight is 398 g/mol. The van der Waals surface area contributed by atoms with E-state index < -0.39 is 18.8 Å². The zero-order valence-electron chi connectivity index (χ0n) is 14.7. The molecule has 1 aliphatic heterocycles. The molecule has 0 aliphatic carbocycles. The molecule has 6 nitrogen and oxygen atoms in total. The third-order valence-corrected chi connectivity index (χ3v) is 5.37. The molecule has 0 N–H and O–H groups in total. The quantitative estimate of drug-likeness (QED) is 0.796. The molecule has 1 amide bonds. The van der Waals surface area contributed by atoms with Crippen molar-refractivity contribution < 1.29 is 22.7 Å². The minimum absolute atomic E-state index is 0.165. The van der Waals surface area contributed by atoms with Crippen LogP contribution in [0.1, 0.15) is 38.2 Å². The molecule has 0 unspecified atom stereocenters. The van der Waals surface area contributed by atoms with Gasteiger partial charge in [0.1, 0.15) is 17.5 Å². The summed E-state index contributed by atoms with van der Waals surface area (Å²) in [5.74, 6) is -0.322. The van der Waals surface area contributed by atoms with E-state index in [0.29, 0.717) is 28.4 Å². The van der Waals surface area contributed by atoms with Crippen molar-refractivity contribution in [2.24, 2.45) is 0 Å². The highest BCUT2D eigenvalue weighted by Gasteiger charge is 2.36. The summed E-state index contributed by atoms with van der Waals surface area (Å²) >= 11 is 1.17. The average Bonchev–Trinajstić information content (AvgIpc) is 3.18. The van der Waals surface area contributed by atoms with Crippen LogP contribution in [0.3, 0.4) is 0 Å². The molecule has 0 spiro atoms. The first kappa shape index (κ1) is 19.4. The number of morpholine rings is 1. The molecule has 0 saturated carbocycles. The van der Waals surface area contributed by atoms with Gasteiger partial charge in [-0.1, -0.05) is 0 Å². The molecular formula is C17H17F3N4O2S. The highest BCUT2D eigenvalue weighted by Crippen LogP contribution is 2.33. The van der Waals surface area contributed by atoms with Crippen LogP contribution in [0.25, 0.3) is 0 Å². The third kappa shape index (κ3) is 3.84. The van der Waals surface area contributed by atoms with Crippen LogP contribution >= 0.6 is 11.3 Å². The molecule has 2 aromatic rings. The lowest BCUT2D eigenvalue weighted by Gasteiger charge is -2.36. The van der Waals surface area contributed by atoms with E-state index in [1.54, 1.807) is 30.2 Å². The molecule has 1 saturated heterocycles. The van der Waals surface area contributed by atoms with Crippen LogP contribution in [0.4, 0.5) is 13.2 Å². The van der Waals surface area contributed by atoms with Gasteiger partial charge in [-0.15, -0.1) is 11.3 Å². The molecule has 1 aliphatic rings. The van der Waals surface area contributed by atoms with Crippen molar-refractivity contribution in [3.05, 3.63) is 38.8 Å². The number of carbonyl (C=O) groups is 1. The minimum Gasteiger partial charge on any atom is -0.377 e. The predicted molar refractivity (Wildman–Crippen MR) is 91.4 cm³/mol. The maximum Gasteiger partial charge on any atom is 0.408 e. The Balaban J connectivity index is 1.97. The summed E-state index contributed by atoms with van der Waals surface area (Å²) < 4.78 is 44.8. The Labute approximate surface area is 157 Å². The third-order valence-electron chi connectivity index (χ3n) is 4.47. The van der Waals surface area contributed by atoms with E-state index in [0.717, 1.165) is 4.68 Å². The van der Waals surface area contributed by atoms with Crippen LogP contribution in [0, 0.1) is 25.2 Å². The van der Waals surface area contributed by atoms with Gasteiger partial charge in [-0.25, -0.2) is 0 Å². The van der Waals surface area contributed by atoms with Crippen molar-refractivity contribution in [2.75, 3.05) is 19.8 Å². The fourth-order valence-corrected chi connectivity index (χ4v) is 4.09. The minimum atomic E-state index is -4.39. The van der Waals surface area contributed by atoms with E-state index >= 15 is 0 Å². The Kier molecular flexibility index (Phi) is 5.26. The second-order valence-corrected chi connectivity index (χ2v) is 7.14. The van der Waals surface area contributed by atoms with Crippen molar-refractivity contribution in [1.29, 1.82) is 5.26 Å². The largest absolute Gasteiger partial charge is 0.408 e. The summed E-state index contributed by atoms with van der Waals surface area (Å²) in [6.45, 7) is 2.77. The predicted octanol–water partition coefficient (Wildman–Crippen LogP) is 3.21. The van der Waals surface area contributed by atoms with E-state index in [-0.39, 0.29) is 24.6 Å². The number of hydrogen-bond donors (Lipinski definition) is 0. The van der Waals surface area contributed by atoms with Crippen LogP contribution in [0.5, 0.6) is 0 Å². The molecule has 3 heterocycles. The number of nitriles is 1. The Bertz CT molecular complexity index is 897. The van der Waals surface area contributed by atoms with Gasteiger partial charge >= 0.3 is 6.18 Å². The molecular weight excluding hydrogens is 381 g/mol. The molecule has 27 heavy (non-hydrogen) atoms. The van der Waals surface area contributed by atoms with Crippen LogP contribution in [0.2, 0.25) is 0 Å². The Morgan fingerprint density at radius 3 is 2.89 bits per heavy atom. The molecule has 2 aromatic heterocycles. The number of halogens is 3. The van der Waals surface area contributed by atoms with Crippen molar-refractivity contribution in [3.8, 4) is 6.07 Å². The zero-order valence-corrected chi connectivity index (χ0v) is 15.5. The Hall–Kier alpha value is -2.38. The van der Waals surface area contributed by atoms with Gasteiger partial charge in [0.05, 0.1) is 30.5 Å². The summed E-state index contributed by atoms with van der Waals surface area (Å²) in [7, 11) is 0. The van der Waals surface area contributed by atoms with Crippen molar-refractivity contribution in [3.63, 3.8) is 0 Å². The number of aryl methyl sites for hydroxylation is 1. The first-order valence-electron chi connectivity index (χ1n) is 8.20. The second kappa shape index (κ2) is 7.32. The van der Waals surface area contributed by atoms with Gasteiger partial charge in [0.25, 0.3) is 5.91 Å². The number of nitrogens with zero attached hydrogens (tertiary/aromatic N) is 4. The summed E-state index contributed by atoms with van der Waals surface area (Å²) in [6, 6.07) is 3.01. The number of hydrogen-bond acceptors (Lipinski definition) is 5. The fraction of sp³-hybridized carbons (Fsp3) is 0.471. The number of carbonyl (C=O) groups excluding carboxylic acids is 1. The lowest BCUT2D eigenvalue weighted by Crippen LogP contribution is -2.43. The van der Waals surface area contributed by atoms with E-state index in [9.17, 15) is 23.2 Å². The topological polar surface area (TPSA) is 71.2 Å². The summed E-state index contributed by atoms with van der Waals surface area (Å²) in [6.07, 6.45) is -4.39. The van der Waals surface area contributed by atoms with E-state index in [1.165, 1.54) is 11.3 Å². The van der Waals surface area contributed by atoms with Gasteiger partial charge in [0, 0.05) is 17.8 Å². The summed E-state index contributed by atoms with van der Waals surface area (Å²) in [5, 5.41) is 14.9. The van der Waals surface area contributed by atoms with Gasteiger partial charge in [-0.3, -0.25) is 9.48 Å². The lowest BCUT2D eigenvalue weighted by molar-refractivity contribution is -0.143. The van der Waals surface area contributed by atoms with Crippen LogP contribution in [-0.2, 0) is 11.3 Å². The van der Waals surface area contributed by atoms with Crippen molar-refractivity contribution >= 4 is 17.2 Å². The number of aromatic nitrogens is 2. The van der Waals surface area contributed by atoms with Crippen LogP contribution < -0.4 is 0 Å². The van der Waals surface area contributed by atoms with Gasteiger partial charge < -0.3 is 9.64 Å². The highest BCUT2D eigenvalue weighted by molar-refractivity contribution is 7.12. The normalized spacial score (nSPS) is 17.8. The molecule has 0 aromatic carbocycles. The maximum atomic E-state index is 13.0. The first-order valence-corrected chi connectivity index (χ1v) is 9.08. The van der Waals surface area contributed by atoms with Crippen LogP contribution in [-0.4, -0.2) is 46.5 Å². The zero-order chi connectivity index (χ0) is 19.8. The smallest absolute Gasteiger partial charge is 0.377 e. The Morgan fingerprint density at radius 1 is 1.48 bits per heavy atom. The Morgan fingerprint density at radius 2 is 2.22 bits per heavy atom. The summed E-state index contributed by atoms with van der Waals surface area (Å²) in [4.78, 5) is 14.9. The fourth-order valence-electron chi connectivity index (χ4n) is 3.30. The van der Waals surface area contributed by atoms with Gasteiger partial charge in [-0.2, -0.15) is 23.5 Å². The van der Waals surface area contributed by atoms with E-state index in [1.807, 2.05) is 6.07 Å². The number of amides is 1. The second-order valence-electron chi connectivity index (χ2n) is 6.22. The van der Waals surface area contributed by atoms with Crippen molar-refractivity contribution in [2.45, 2.75) is 32.6 Å². The van der Waals surface area contributed by atoms with Gasteiger partial charge in [-0.05, 0) is 25.3 Å². The molecule has 0 bridgehead atoms. The number of alkyl halides is 3. The number of ether oxygens (including phenoxy) is 1. The molecule has 1 fully saturated rings. The van der Waals surface area contributed by atoms with Gasteiger partial charge in [0.15, 0.2) is 0 Å². The molecule has 144 valence electrons. The monoisotopic (exact) mass is 398 g/mol. The summed E-state index contributed by atoms with van der Waals surface area (Å²) in [5.41, 5.74) is 1.63. The molecule has 10 heteroatoms.